The third kappa shape index (κ3) is 4.27. The summed E-state index contributed by atoms with van der Waals surface area (Å²) < 4.78 is 12.1. The molecule has 5 aliphatic rings. The van der Waals surface area contributed by atoms with Gasteiger partial charge < -0.3 is 19.3 Å². The highest BCUT2D eigenvalue weighted by molar-refractivity contribution is 5.92. The van der Waals surface area contributed by atoms with Gasteiger partial charge in [0.25, 0.3) is 0 Å². The minimum Gasteiger partial charge on any atom is -0.495 e. The lowest BCUT2D eigenvalue weighted by atomic mass is 9.47. The monoisotopic (exact) mass is 546 g/mol. The van der Waals surface area contributed by atoms with E-state index in [-0.39, 0.29) is 52.3 Å². The number of para-hydroxylation sites is 2. The van der Waals surface area contributed by atoms with Crippen LogP contribution >= 0.6 is 0 Å². The average molecular weight is 547 g/mol. The average Bonchev–Trinajstić information content (AvgIpc) is 3.30. The van der Waals surface area contributed by atoms with Crippen LogP contribution in [0.4, 0.5) is 10.5 Å². The molecule has 1 saturated heterocycles. The molecule has 7 nitrogen and oxygen atoms in total. The number of Topliss-reactive ketones (excluding diaryl/α,β-unsaturated/α-hetero) is 1. The molecule has 0 bridgehead atoms. The summed E-state index contributed by atoms with van der Waals surface area (Å²) in [5.74, 6) is 1.94. The van der Waals surface area contributed by atoms with Crippen LogP contribution in [0.25, 0.3) is 0 Å². The van der Waals surface area contributed by atoms with E-state index in [1.165, 1.54) is 0 Å². The van der Waals surface area contributed by atoms with Gasteiger partial charge in [-0.3, -0.25) is 9.59 Å². The van der Waals surface area contributed by atoms with Gasteiger partial charge in [-0.2, -0.15) is 0 Å². The number of carbonyl (C=O) groups excluding carboxylic acids is 3. The quantitative estimate of drug-likeness (QED) is 0.500. The van der Waals surface area contributed by atoms with Gasteiger partial charge in [0.15, 0.2) is 5.78 Å². The first-order valence-electron chi connectivity index (χ1n) is 14.9. The van der Waals surface area contributed by atoms with Crippen LogP contribution in [0.1, 0.15) is 52.9 Å². The summed E-state index contributed by atoms with van der Waals surface area (Å²) >= 11 is 0. The van der Waals surface area contributed by atoms with E-state index in [9.17, 15) is 14.4 Å². The highest BCUT2D eigenvalue weighted by Crippen LogP contribution is 2.65. The van der Waals surface area contributed by atoms with Crippen molar-refractivity contribution in [1.29, 1.82) is 0 Å². The molecule has 4 aliphatic carbocycles. The zero-order valence-corrected chi connectivity index (χ0v) is 24.2. The van der Waals surface area contributed by atoms with Gasteiger partial charge in [0.2, 0.25) is 0 Å². The number of benzene rings is 1. The summed E-state index contributed by atoms with van der Waals surface area (Å²) in [6.45, 7) is 8.79. The number of hydrogen-bond donors (Lipinski definition) is 0. The molecule has 1 aromatic carbocycles. The number of anilines is 1. The Morgan fingerprint density at radius 2 is 1.80 bits per heavy atom. The van der Waals surface area contributed by atoms with Gasteiger partial charge in [0, 0.05) is 44.4 Å². The van der Waals surface area contributed by atoms with Gasteiger partial charge in [0.05, 0.1) is 12.8 Å². The number of rotatable bonds is 4. The first-order chi connectivity index (χ1) is 19.2. The fourth-order valence-electron chi connectivity index (χ4n) is 9.09. The number of ketones is 2. The Labute approximate surface area is 237 Å². The van der Waals surface area contributed by atoms with E-state index in [0.29, 0.717) is 44.9 Å². The van der Waals surface area contributed by atoms with E-state index in [0.717, 1.165) is 36.3 Å². The number of amides is 1. The third-order valence-corrected chi connectivity index (χ3v) is 11.1. The Kier molecular flexibility index (Phi) is 6.82. The maximum Gasteiger partial charge on any atom is 0.410 e. The van der Waals surface area contributed by atoms with E-state index in [1.807, 2.05) is 29.2 Å². The van der Waals surface area contributed by atoms with Crippen molar-refractivity contribution in [2.75, 3.05) is 38.2 Å². The zero-order valence-electron chi connectivity index (χ0n) is 24.2. The summed E-state index contributed by atoms with van der Waals surface area (Å²) in [7, 11) is 1.68. The maximum atomic E-state index is 13.7. The van der Waals surface area contributed by atoms with Crippen LogP contribution in [0, 0.1) is 34.5 Å². The van der Waals surface area contributed by atoms with Crippen LogP contribution in [-0.2, 0) is 14.3 Å². The van der Waals surface area contributed by atoms with E-state index >= 15 is 0 Å². The molecule has 7 atom stereocenters. The minimum absolute atomic E-state index is 0.00451. The van der Waals surface area contributed by atoms with Crippen molar-refractivity contribution in [3.63, 3.8) is 0 Å². The van der Waals surface area contributed by atoms with Gasteiger partial charge in [-0.25, -0.2) is 4.79 Å². The van der Waals surface area contributed by atoms with Crippen molar-refractivity contribution in [3.05, 3.63) is 48.1 Å². The van der Waals surface area contributed by atoms with Crippen LogP contribution in [-0.4, -0.2) is 62.0 Å². The van der Waals surface area contributed by atoms with Crippen LogP contribution in [0.15, 0.2) is 48.1 Å². The molecular weight excluding hydrogens is 504 g/mol. The molecule has 1 amide bonds. The predicted octanol–water partition coefficient (Wildman–Crippen LogP) is 5.45. The standard InChI is InChI=1S/C33H42N2O5/c1-21(36)25-11-12-26-24-10-9-22-19-23(37)13-14-32(22,2)30(24)29(20-33(25,26)3)40-31(38)35-17-15-34(16-18-35)27-7-5-6-8-28(27)39-4/h5-10,19,24-26,29-30H,11-18,20H2,1-4H3/t24-,25+,26-,29-,30-,32+,33+/m0/s1. The fourth-order valence-corrected chi connectivity index (χ4v) is 9.09. The Morgan fingerprint density at radius 1 is 1.05 bits per heavy atom. The van der Waals surface area contributed by atoms with Crippen molar-refractivity contribution >= 4 is 23.3 Å². The van der Waals surface area contributed by atoms with Crippen LogP contribution in [0.3, 0.4) is 0 Å². The van der Waals surface area contributed by atoms with Gasteiger partial charge in [-0.15, -0.1) is 0 Å². The lowest BCUT2D eigenvalue weighted by Crippen LogP contribution is -2.58. The van der Waals surface area contributed by atoms with Crippen LogP contribution < -0.4 is 9.64 Å². The molecule has 0 unspecified atom stereocenters. The number of ether oxygens (including phenoxy) is 2. The molecule has 1 aliphatic heterocycles. The van der Waals surface area contributed by atoms with E-state index in [2.05, 4.69) is 37.0 Å². The summed E-state index contributed by atoms with van der Waals surface area (Å²) in [4.78, 5) is 42.9. The lowest BCUT2D eigenvalue weighted by molar-refractivity contribution is -0.136. The zero-order chi connectivity index (χ0) is 28.2. The van der Waals surface area contributed by atoms with Gasteiger partial charge >= 0.3 is 6.09 Å². The third-order valence-electron chi connectivity index (χ3n) is 11.1. The first-order valence-corrected chi connectivity index (χ1v) is 14.9. The summed E-state index contributed by atoms with van der Waals surface area (Å²) in [5, 5.41) is 0. The molecule has 0 N–H and O–H groups in total. The van der Waals surface area contributed by atoms with Crippen LogP contribution in [0.2, 0.25) is 0 Å². The molecule has 40 heavy (non-hydrogen) atoms. The SMILES string of the molecule is COc1ccccc1N1CCN(C(=O)O[C@H]2C[C@]3(C)[C@@H](C(C)=O)CC[C@H]3[C@@H]3C=CC4=CC(=O)CC[C@@]4(C)[C@@H]32)CC1. The highest BCUT2D eigenvalue weighted by atomic mass is 16.6. The second-order valence-corrected chi connectivity index (χ2v) is 13.1. The van der Waals surface area contributed by atoms with Crippen molar-refractivity contribution in [3.8, 4) is 5.75 Å². The topological polar surface area (TPSA) is 76.2 Å². The molecule has 6 rings (SSSR count). The molecule has 3 fully saturated rings. The molecule has 0 spiro atoms. The molecule has 7 heteroatoms. The largest absolute Gasteiger partial charge is 0.495 e. The molecule has 214 valence electrons. The van der Waals surface area contributed by atoms with Crippen molar-refractivity contribution < 1.29 is 23.9 Å². The lowest BCUT2D eigenvalue weighted by Gasteiger charge is -2.58. The molecule has 1 heterocycles. The Balaban J connectivity index is 1.25. The second kappa shape index (κ2) is 10.1. The van der Waals surface area contributed by atoms with Crippen molar-refractivity contribution in [1.82, 2.24) is 4.90 Å². The summed E-state index contributed by atoms with van der Waals surface area (Å²) in [6, 6.07) is 7.98. The normalized spacial score (nSPS) is 36.8. The fraction of sp³-hybridized carbons (Fsp3) is 0.606. The highest BCUT2D eigenvalue weighted by Gasteiger charge is 2.63. The number of hydrogen-bond acceptors (Lipinski definition) is 6. The predicted molar refractivity (Wildman–Crippen MR) is 153 cm³/mol. The van der Waals surface area contributed by atoms with Gasteiger partial charge in [-0.1, -0.05) is 38.1 Å². The van der Waals surface area contributed by atoms with E-state index in [4.69, 9.17) is 9.47 Å². The Morgan fingerprint density at radius 3 is 2.52 bits per heavy atom. The van der Waals surface area contributed by atoms with E-state index in [1.54, 1.807) is 14.0 Å². The first kappa shape index (κ1) is 27.1. The van der Waals surface area contributed by atoms with Gasteiger partial charge in [0.1, 0.15) is 17.6 Å². The summed E-state index contributed by atoms with van der Waals surface area (Å²) in [5.41, 5.74) is 1.68. The van der Waals surface area contributed by atoms with E-state index < -0.39 is 0 Å². The van der Waals surface area contributed by atoms with Gasteiger partial charge in [-0.05, 0) is 79.1 Å². The molecule has 0 radical (unpaired) electrons. The second-order valence-electron chi connectivity index (χ2n) is 13.1. The smallest absolute Gasteiger partial charge is 0.410 e. The van der Waals surface area contributed by atoms with Crippen LogP contribution in [0.5, 0.6) is 5.75 Å². The molecule has 0 aromatic heterocycles. The Hall–Kier alpha value is -3.09. The number of fused-ring (bicyclic) bond motifs is 5. The maximum absolute atomic E-state index is 13.7. The van der Waals surface area contributed by atoms with Crippen molar-refractivity contribution in [2.24, 2.45) is 34.5 Å². The minimum atomic E-state index is -0.308. The molecule has 1 aromatic rings. The Bertz CT molecular complexity index is 1260. The number of methoxy groups -OCH3 is 1. The number of piperazine rings is 1. The summed E-state index contributed by atoms with van der Waals surface area (Å²) in [6.07, 6.45) is 9.58. The number of nitrogens with zero attached hydrogens (tertiary/aromatic N) is 2. The molecule has 2 saturated carbocycles. The molecular formula is C33H42N2O5. The number of carbonyl (C=O) groups is 3. The number of allylic oxidation sites excluding steroid dienone is 4. The van der Waals surface area contributed by atoms with Crippen molar-refractivity contribution in [2.45, 2.75) is 59.0 Å².